The Kier molecular flexibility index (Phi) is 2.77. The quantitative estimate of drug-likeness (QED) is 0.818. The van der Waals surface area contributed by atoms with Crippen molar-refractivity contribution in [3.05, 3.63) is 47.8 Å². The van der Waals surface area contributed by atoms with E-state index >= 15 is 0 Å². The standard InChI is InChI=1S/C14H11F3N2/c15-14(16,17)12-4-2-1-3-11(12)13-18-7-10(8-19-13)9-5-6-9/h1-4,7-9H,5-6H2. The van der Waals surface area contributed by atoms with Gasteiger partial charge >= 0.3 is 6.18 Å². The molecule has 1 aromatic carbocycles. The van der Waals surface area contributed by atoms with E-state index in [0.717, 1.165) is 24.5 Å². The molecule has 5 heteroatoms. The second-order valence-corrected chi connectivity index (χ2v) is 4.66. The van der Waals surface area contributed by atoms with Crippen molar-refractivity contribution in [2.75, 3.05) is 0 Å². The van der Waals surface area contributed by atoms with Gasteiger partial charge in [-0.1, -0.05) is 18.2 Å². The van der Waals surface area contributed by atoms with E-state index in [2.05, 4.69) is 9.97 Å². The van der Waals surface area contributed by atoms with E-state index in [0.29, 0.717) is 5.92 Å². The highest BCUT2D eigenvalue weighted by Gasteiger charge is 2.34. The minimum Gasteiger partial charge on any atom is -0.236 e. The molecule has 2 nitrogen and oxygen atoms in total. The van der Waals surface area contributed by atoms with Gasteiger partial charge in [0.1, 0.15) is 0 Å². The highest BCUT2D eigenvalue weighted by Crippen LogP contribution is 2.40. The number of hydrogen-bond acceptors (Lipinski definition) is 2. The monoisotopic (exact) mass is 264 g/mol. The van der Waals surface area contributed by atoms with Crippen molar-refractivity contribution in [3.63, 3.8) is 0 Å². The minimum atomic E-state index is -4.39. The Labute approximate surface area is 108 Å². The summed E-state index contributed by atoms with van der Waals surface area (Å²) in [5, 5.41) is 0. The maximum absolute atomic E-state index is 12.9. The zero-order valence-electron chi connectivity index (χ0n) is 9.98. The molecule has 0 saturated heterocycles. The van der Waals surface area contributed by atoms with Gasteiger partial charge < -0.3 is 0 Å². The lowest BCUT2D eigenvalue weighted by Crippen LogP contribution is -2.08. The fourth-order valence-electron chi connectivity index (χ4n) is 2.03. The van der Waals surface area contributed by atoms with Crippen molar-refractivity contribution < 1.29 is 13.2 Å². The number of aromatic nitrogens is 2. The van der Waals surface area contributed by atoms with Gasteiger partial charge in [-0.05, 0) is 30.4 Å². The first kappa shape index (κ1) is 12.1. The molecule has 2 aromatic rings. The lowest BCUT2D eigenvalue weighted by molar-refractivity contribution is -0.137. The van der Waals surface area contributed by atoms with Gasteiger partial charge in [-0.15, -0.1) is 0 Å². The summed E-state index contributed by atoms with van der Waals surface area (Å²) in [4.78, 5) is 8.15. The maximum Gasteiger partial charge on any atom is 0.417 e. The number of rotatable bonds is 2. The molecule has 1 fully saturated rings. The summed E-state index contributed by atoms with van der Waals surface area (Å²) in [6.45, 7) is 0. The molecule has 1 heterocycles. The summed E-state index contributed by atoms with van der Waals surface area (Å²) in [5.74, 6) is 0.615. The van der Waals surface area contributed by atoms with E-state index in [1.54, 1.807) is 18.5 Å². The van der Waals surface area contributed by atoms with Crippen LogP contribution in [0.2, 0.25) is 0 Å². The third kappa shape index (κ3) is 2.45. The SMILES string of the molecule is FC(F)(F)c1ccccc1-c1ncc(C2CC2)cn1. The lowest BCUT2D eigenvalue weighted by atomic mass is 10.1. The Balaban J connectivity index is 2.01. The highest BCUT2D eigenvalue weighted by molar-refractivity contribution is 5.60. The molecule has 1 aliphatic rings. The Morgan fingerprint density at radius 1 is 1.00 bits per heavy atom. The van der Waals surface area contributed by atoms with Crippen LogP contribution >= 0.6 is 0 Å². The van der Waals surface area contributed by atoms with Crippen LogP contribution in [0.1, 0.15) is 29.9 Å². The molecule has 0 N–H and O–H groups in total. The molecule has 1 aliphatic carbocycles. The van der Waals surface area contributed by atoms with Gasteiger partial charge in [-0.3, -0.25) is 0 Å². The predicted octanol–water partition coefficient (Wildman–Crippen LogP) is 4.04. The van der Waals surface area contributed by atoms with Gasteiger partial charge in [0.15, 0.2) is 5.82 Å². The topological polar surface area (TPSA) is 25.8 Å². The molecular weight excluding hydrogens is 253 g/mol. The first-order valence-electron chi connectivity index (χ1n) is 6.04. The normalized spacial score (nSPS) is 15.5. The van der Waals surface area contributed by atoms with E-state index in [1.807, 2.05) is 0 Å². The van der Waals surface area contributed by atoms with E-state index < -0.39 is 11.7 Å². The maximum atomic E-state index is 12.9. The Bertz CT molecular complexity index is 586. The summed E-state index contributed by atoms with van der Waals surface area (Å²) in [7, 11) is 0. The Morgan fingerprint density at radius 3 is 2.21 bits per heavy atom. The van der Waals surface area contributed by atoms with Gasteiger partial charge in [-0.2, -0.15) is 13.2 Å². The van der Waals surface area contributed by atoms with E-state index in [1.165, 1.54) is 12.1 Å². The summed E-state index contributed by atoms with van der Waals surface area (Å²) < 4.78 is 38.7. The zero-order chi connectivity index (χ0) is 13.5. The molecule has 1 saturated carbocycles. The van der Waals surface area contributed by atoms with Crippen LogP contribution in [-0.2, 0) is 6.18 Å². The van der Waals surface area contributed by atoms with E-state index in [9.17, 15) is 13.2 Å². The highest BCUT2D eigenvalue weighted by atomic mass is 19.4. The van der Waals surface area contributed by atoms with Crippen LogP contribution in [0, 0.1) is 0 Å². The zero-order valence-corrected chi connectivity index (χ0v) is 9.98. The average Bonchev–Trinajstić information content (AvgIpc) is 3.22. The number of hydrogen-bond donors (Lipinski definition) is 0. The van der Waals surface area contributed by atoms with Crippen molar-refractivity contribution in [2.24, 2.45) is 0 Å². The predicted molar refractivity (Wildman–Crippen MR) is 64.4 cm³/mol. The summed E-state index contributed by atoms with van der Waals surface area (Å²) in [6.07, 6.45) is 1.10. The number of nitrogens with zero attached hydrogens (tertiary/aromatic N) is 2. The van der Waals surface area contributed by atoms with Gasteiger partial charge in [0.25, 0.3) is 0 Å². The average molecular weight is 264 g/mol. The molecule has 0 spiro atoms. The molecule has 0 atom stereocenters. The van der Waals surface area contributed by atoms with Crippen LogP contribution in [0.15, 0.2) is 36.7 Å². The second-order valence-electron chi connectivity index (χ2n) is 4.66. The molecule has 3 rings (SSSR count). The molecule has 0 amide bonds. The van der Waals surface area contributed by atoms with Crippen LogP contribution < -0.4 is 0 Å². The number of halogens is 3. The van der Waals surface area contributed by atoms with Crippen LogP contribution in [0.25, 0.3) is 11.4 Å². The molecule has 0 bridgehead atoms. The third-order valence-electron chi connectivity index (χ3n) is 3.19. The molecule has 19 heavy (non-hydrogen) atoms. The minimum absolute atomic E-state index is 0.0253. The summed E-state index contributed by atoms with van der Waals surface area (Å²) in [6, 6.07) is 5.37. The first-order valence-corrected chi connectivity index (χ1v) is 6.04. The fraction of sp³-hybridized carbons (Fsp3) is 0.286. The molecule has 1 aromatic heterocycles. The third-order valence-corrected chi connectivity index (χ3v) is 3.19. The molecular formula is C14H11F3N2. The molecule has 0 unspecified atom stereocenters. The Hall–Kier alpha value is -1.91. The van der Waals surface area contributed by atoms with E-state index in [4.69, 9.17) is 0 Å². The van der Waals surface area contributed by atoms with Gasteiger partial charge in [0, 0.05) is 18.0 Å². The fourth-order valence-corrected chi connectivity index (χ4v) is 2.03. The lowest BCUT2D eigenvalue weighted by Gasteiger charge is -2.11. The largest absolute Gasteiger partial charge is 0.417 e. The summed E-state index contributed by atoms with van der Waals surface area (Å²) in [5.41, 5.74) is 0.333. The van der Waals surface area contributed by atoms with Gasteiger partial charge in [-0.25, -0.2) is 9.97 Å². The molecule has 0 aliphatic heterocycles. The number of alkyl halides is 3. The van der Waals surface area contributed by atoms with Gasteiger partial charge in [0.05, 0.1) is 5.56 Å². The van der Waals surface area contributed by atoms with Crippen LogP contribution in [0.5, 0.6) is 0 Å². The first-order chi connectivity index (χ1) is 9.05. The van der Waals surface area contributed by atoms with E-state index in [-0.39, 0.29) is 11.4 Å². The van der Waals surface area contributed by atoms with Crippen LogP contribution in [0.3, 0.4) is 0 Å². The van der Waals surface area contributed by atoms with Crippen molar-refractivity contribution in [2.45, 2.75) is 24.9 Å². The molecule has 0 radical (unpaired) electrons. The van der Waals surface area contributed by atoms with Crippen LogP contribution in [-0.4, -0.2) is 9.97 Å². The summed E-state index contributed by atoms with van der Waals surface area (Å²) >= 11 is 0. The van der Waals surface area contributed by atoms with Gasteiger partial charge in [0.2, 0.25) is 0 Å². The van der Waals surface area contributed by atoms with Crippen molar-refractivity contribution in [1.82, 2.24) is 9.97 Å². The Morgan fingerprint density at radius 2 is 1.63 bits per heavy atom. The van der Waals surface area contributed by atoms with Crippen molar-refractivity contribution in [3.8, 4) is 11.4 Å². The van der Waals surface area contributed by atoms with Crippen molar-refractivity contribution >= 4 is 0 Å². The number of benzene rings is 1. The second kappa shape index (κ2) is 4.33. The smallest absolute Gasteiger partial charge is 0.236 e. The van der Waals surface area contributed by atoms with Crippen LogP contribution in [0.4, 0.5) is 13.2 Å². The van der Waals surface area contributed by atoms with Crippen molar-refractivity contribution in [1.29, 1.82) is 0 Å². The molecule has 98 valence electrons.